The number of hydrazone groups is 1. The van der Waals surface area contributed by atoms with Crippen LogP contribution < -0.4 is 5.32 Å². The van der Waals surface area contributed by atoms with Gasteiger partial charge in [0.2, 0.25) is 0 Å². The lowest BCUT2D eigenvalue weighted by Gasteiger charge is -2.12. The molecule has 0 aliphatic carbocycles. The number of hydrogen-bond acceptors (Lipinski definition) is 4. The van der Waals surface area contributed by atoms with E-state index < -0.39 is 0 Å². The average Bonchev–Trinajstić information content (AvgIpc) is 3.21. The number of benzene rings is 1. The number of nitrogens with zero attached hydrogens (tertiary/aromatic N) is 4. The average molecular weight is 311 g/mol. The van der Waals surface area contributed by atoms with E-state index in [-0.39, 0.29) is 5.91 Å². The van der Waals surface area contributed by atoms with Crippen molar-refractivity contribution in [2.75, 3.05) is 19.6 Å². The minimum absolute atomic E-state index is 0.00702. The van der Waals surface area contributed by atoms with E-state index in [1.54, 1.807) is 5.01 Å². The minimum Gasteiger partial charge on any atom is -0.306 e. The second-order valence-corrected chi connectivity index (χ2v) is 5.64. The zero-order valence-electron chi connectivity index (χ0n) is 13.3. The van der Waals surface area contributed by atoms with Crippen molar-refractivity contribution in [1.29, 1.82) is 0 Å². The summed E-state index contributed by atoms with van der Waals surface area (Å²) in [6.07, 6.45) is 4.62. The van der Waals surface area contributed by atoms with Crippen LogP contribution in [0, 0.1) is 6.92 Å². The van der Waals surface area contributed by atoms with Gasteiger partial charge in [0.25, 0.3) is 5.91 Å². The zero-order chi connectivity index (χ0) is 16.1. The number of amides is 1. The van der Waals surface area contributed by atoms with Gasteiger partial charge in [0.15, 0.2) is 0 Å². The van der Waals surface area contributed by atoms with E-state index in [4.69, 9.17) is 0 Å². The molecule has 120 valence electrons. The van der Waals surface area contributed by atoms with Crippen molar-refractivity contribution in [1.82, 2.24) is 20.1 Å². The lowest BCUT2D eigenvalue weighted by Crippen LogP contribution is -2.35. The highest BCUT2D eigenvalue weighted by molar-refractivity contribution is 6.02. The molecule has 2 aromatic rings. The number of carbonyl (C=O) groups excluding carboxylic acids is 1. The third-order valence-electron chi connectivity index (χ3n) is 3.75. The largest absolute Gasteiger partial charge is 0.306 e. The molecule has 1 aromatic carbocycles. The predicted octanol–water partition coefficient (Wildman–Crippen LogP) is 1.42. The SMILES string of the molecule is Cc1cnn(CCNCC(=O)N2CCC(c3ccccc3)=N2)c1. The number of aromatic nitrogens is 2. The van der Waals surface area contributed by atoms with E-state index in [9.17, 15) is 4.79 Å². The van der Waals surface area contributed by atoms with Crippen LogP contribution in [0.1, 0.15) is 17.5 Å². The molecule has 1 aliphatic rings. The van der Waals surface area contributed by atoms with Gasteiger partial charge in [-0.25, -0.2) is 5.01 Å². The van der Waals surface area contributed by atoms with Gasteiger partial charge in [-0.15, -0.1) is 0 Å². The quantitative estimate of drug-likeness (QED) is 0.821. The van der Waals surface area contributed by atoms with Gasteiger partial charge in [-0.2, -0.15) is 10.2 Å². The van der Waals surface area contributed by atoms with Gasteiger partial charge in [-0.3, -0.25) is 9.48 Å². The molecule has 1 aliphatic heterocycles. The molecule has 1 N–H and O–H groups in total. The van der Waals surface area contributed by atoms with E-state index in [2.05, 4.69) is 15.5 Å². The molecule has 0 atom stereocenters. The number of aryl methyl sites for hydroxylation is 1. The Bertz CT molecular complexity index is 692. The highest BCUT2D eigenvalue weighted by Crippen LogP contribution is 2.13. The van der Waals surface area contributed by atoms with E-state index in [0.29, 0.717) is 19.6 Å². The van der Waals surface area contributed by atoms with Gasteiger partial charge < -0.3 is 5.32 Å². The smallest absolute Gasteiger partial charge is 0.256 e. The summed E-state index contributed by atoms with van der Waals surface area (Å²) < 4.78 is 1.87. The third-order valence-corrected chi connectivity index (χ3v) is 3.75. The van der Waals surface area contributed by atoms with Crippen LogP contribution in [0.3, 0.4) is 0 Å². The summed E-state index contributed by atoms with van der Waals surface area (Å²) >= 11 is 0. The van der Waals surface area contributed by atoms with Crippen molar-refractivity contribution >= 4 is 11.6 Å². The zero-order valence-corrected chi connectivity index (χ0v) is 13.3. The summed E-state index contributed by atoms with van der Waals surface area (Å²) in [6, 6.07) is 10.0. The molecule has 1 amide bonds. The summed E-state index contributed by atoms with van der Waals surface area (Å²) in [5, 5.41) is 13.4. The topological polar surface area (TPSA) is 62.5 Å². The van der Waals surface area contributed by atoms with Crippen molar-refractivity contribution in [3.8, 4) is 0 Å². The van der Waals surface area contributed by atoms with Crippen LogP contribution in [0.4, 0.5) is 0 Å². The van der Waals surface area contributed by atoms with Gasteiger partial charge in [0.05, 0.1) is 31.5 Å². The maximum Gasteiger partial charge on any atom is 0.256 e. The van der Waals surface area contributed by atoms with Crippen LogP contribution >= 0.6 is 0 Å². The summed E-state index contributed by atoms with van der Waals surface area (Å²) in [7, 11) is 0. The molecule has 0 unspecified atom stereocenters. The molecule has 0 saturated heterocycles. The van der Waals surface area contributed by atoms with Gasteiger partial charge >= 0.3 is 0 Å². The van der Waals surface area contributed by atoms with Gasteiger partial charge in [0, 0.05) is 19.2 Å². The van der Waals surface area contributed by atoms with Gasteiger partial charge in [-0.1, -0.05) is 30.3 Å². The Kier molecular flexibility index (Phi) is 4.83. The second kappa shape index (κ2) is 7.19. The summed E-state index contributed by atoms with van der Waals surface area (Å²) in [5.74, 6) is 0.00702. The first kappa shape index (κ1) is 15.4. The Hall–Kier alpha value is -2.47. The number of carbonyl (C=O) groups is 1. The molecule has 0 fully saturated rings. The Morgan fingerprint density at radius 3 is 2.87 bits per heavy atom. The summed E-state index contributed by atoms with van der Waals surface area (Å²) in [4.78, 5) is 12.2. The number of hydrogen-bond donors (Lipinski definition) is 1. The molecule has 1 aromatic heterocycles. The molecule has 0 saturated carbocycles. The first-order valence-electron chi connectivity index (χ1n) is 7.85. The molecule has 0 radical (unpaired) electrons. The highest BCUT2D eigenvalue weighted by Gasteiger charge is 2.20. The Balaban J connectivity index is 1.45. The van der Waals surface area contributed by atoms with E-state index in [1.807, 2.05) is 54.3 Å². The highest BCUT2D eigenvalue weighted by atomic mass is 16.2. The van der Waals surface area contributed by atoms with Crippen LogP contribution in [0.25, 0.3) is 0 Å². The van der Waals surface area contributed by atoms with E-state index in [0.717, 1.165) is 29.8 Å². The Labute approximate surface area is 135 Å². The molecule has 0 bridgehead atoms. The number of rotatable bonds is 6. The fourth-order valence-electron chi connectivity index (χ4n) is 2.54. The van der Waals surface area contributed by atoms with Crippen molar-refractivity contribution in [3.63, 3.8) is 0 Å². The lowest BCUT2D eigenvalue weighted by atomic mass is 10.1. The van der Waals surface area contributed by atoms with Crippen LogP contribution in [0.5, 0.6) is 0 Å². The molecule has 3 rings (SSSR count). The molecule has 23 heavy (non-hydrogen) atoms. The first-order chi connectivity index (χ1) is 11.2. The maximum atomic E-state index is 12.2. The van der Waals surface area contributed by atoms with Crippen LogP contribution in [0.15, 0.2) is 47.8 Å². The van der Waals surface area contributed by atoms with Crippen molar-refractivity contribution < 1.29 is 4.79 Å². The van der Waals surface area contributed by atoms with E-state index in [1.165, 1.54) is 0 Å². The monoisotopic (exact) mass is 311 g/mol. The lowest BCUT2D eigenvalue weighted by molar-refractivity contribution is -0.129. The van der Waals surface area contributed by atoms with Gasteiger partial charge in [0.1, 0.15) is 0 Å². The Morgan fingerprint density at radius 1 is 1.30 bits per heavy atom. The van der Waals surface area contributed by atoms with Crippen LogP contribution in [-0.2, 0) is 11.3 Å². The molecular weight excluding hydrogens is 290 g/mol. The molecule has 2 heterocycles. The standard InChI is InChI=1S/C17H21N5O/c1-14-11-19-21(13-14)10-8-18-12-17(23)22-9-7-16(20-22)15-5-3-2-4-6-15/h2-6,11,13,18H,7-10,12H2,1H3. The molecule has 6 nitrogen and oxygen atoms in total. The second-order valence-electron chi connectivity index (χ2n) is 5.64. The minimum atomic E-state index is 0.00702. The molecule has 6 heteroatoms. The van der Waals surface area contributed by atoms with Crippen molar-refractivity contribution in [2.45, 2.75) is 19.9 Å². The van der Waals surface area contributed by atoms with Gasteiger partial charge in [-0.05, 0) is 18.1 Å². The van der Waals surface area contributed by atoms with Crippen molar-refractivity contribution in [3.05, 3.63) is 53.9 Å². The van der Waals surface area contributed by atoms with Crippen LogP contribution in [-0.4, -0.2) is 46.0 Å². The molecule has 0 spiro atoms. The predicted molar refractivity (Wildman–Crippen MR) is 89.1 cm³/mol. The normalized spacial score (nSPS) is 14.1. The van der Waals surface area contributed by atoms with E-state index >= 15 is 0 Å². The Morgan fingerprint density at radius 2 is 2.13 bits per heavy atom. The fourth-order valence-corrected chi connectivity index (χ4v) is 2.54. The molecular formula is C17H21N5O. The first-order valence-corrected chi connectivity index (χ1v) is 7.85. The number of nitrogens with one attached hydrogen (secondary N) is 1. The van der Waals surface area contributed by atoms with Crippen LogP contribution in [0.2, 0.25) is 0 Å². The maximum absolute atomic E-state index is 12.2. The fraction of sp³-hybridized carbons (Fsp3) is 0.353. The van der Waals surface area contributed by atoms with Crippen molar-refractivity contribution in [2.24, 2.45) is 5.10 Å². The third kappa shape index (κ3) is 4.04. The summed E-state index contributed by atoms with van der Waals surface area (Å²) in [6.45, 7) is 4.42. The summed E-state index contributed by atoms with van der Waals surface area (Å²) in [5.41, 5.74) is 3.21.